The number of aryl methyl sites for hydroxylation is 1. The molecule has 1 atom stereocenters. The van der Waals surface area contributed by atoms with E-state index in [0.29, 0.717) is 11.9 Å². The van der Waals surface area contributed by atoms with E-state index in [9.17, 15) is 9.59 Å². The number of likely N-dealkylation sites (tertiary alicyclic amines) is 2. The van der Waals surface area contributed by atoms with Crippen LogP contribution in [0.1, 0.15) is 74.0 Å². The highest BCUT2D eigenvalue weighted by molar-refractivity contribution is 6.07. The minimum atomic E-state index is 0.123. The third-order valence-corrected chi connectivity index (χ3v) is 8.53. The van der Waals surface area contributed by atoms with Crippen LogP contribution in [-0.2, 0) is 17.6 Å². The largest absolute Gasteiger partial charge is 0.343 e. The number of piperidine rings is 2. The van der Waals surface area contributed by atoms with Gasteiger partial charge in [0.1, 0.15) is 0 Å². The highest BCUT2D eigenvalue weighted by Crippen LogP contribution is 2.32. The van der Waals surface area contributed by atoms with Gasteiger partial charge in [-0.05, 0) is 83.4 Å². The maximum absolute atomic E-state index is 13.9. The molecule has 6 heteroatoms. The van der Waals surface area contributed by atoms with Crippen LogP contribution in [0.25, 0.3) is 10.9 Å². The predicted octanol–water partition coefficient (Wildman–Crippen LogP) is 4.30. The molecule has 0 radical (unpaired) electrons. The van der Waals surface area contributed by atoms with Gasteiger partial charge in [-0.2, -0.15) is 0 Å². The Morgan fingerprint density at radius 3 is 2.49 bits per heavy atom. The second kappa shape index (κ2) is 10.7. The fourth-order valence-corrected chi connectivity index (χ4v) is 6.54. The molecule has 2 saturated heterocycles. The minimum Gasteiger partial charge on any atom is -0.343 e. The van der Waals surface area contributed by atoms with Crippen LogP contribution in [0, 0.1) is 5.92 Å². The number of carbonyl (C=O) groups is 2. The van der Waals surface area contributed by atoms with Gasteiger partial charge in [0.25, 0.3) is 5.91 Å². The number of hydrogen-bond donors (Lipinski definition) is 0. The Balaban J connectivity index is 1.28. The zero-order chi connectivity index (χ0) is 24.4. The molecule has 0 spiro atoms. The lowest BCUT2D eigenvalue weighted by atomic mass is 9.88. The number of pyridine rings is 1. The smallest absolute Gasteiger partial charge is 0.254 e. The Morgan fingerprint density at radius 2 is 1.71 bits per heavy atom. The van der Waals surface area contributed by atoms with Crippen molar-refractivity contribution in [2.24, 2.45) is 5.92 Å². The first kappa shape index (κ1) is 24.2. The topological polar surface area (TPSA) is 56.8 Å². The lowest BCUT2D eigenvalue weighted by Crippen LogP contribution is -2.52. The van der Waals surface area contributed by atoms with Gasteiger partial charge in [-0.15, -0.1) is 0 Å². The van der Waals surface area contributed by atoms with E-state index in [1.807, 2.05) is 23.1 Å². The van der Waals surface area contributed by atoms with Crippen LogP contribution in [0.15, 0.2) is 24.3 Å². The highest BCUT2D eigenvalue weighted by Gasteiger charge is 2.34. The molecule has 0 bridgehead atoms. The van der Waals surface area contributed by atoms with Crippen molar-refractivity contribution in [3.63, 3.8) is 0 Å². The predicted molar refractivity (Wildman–Crippen MR) is 140 cm³/mol. The van der Waals surface area contributed by atoms with Gasteiger partial charge in [-0.1, -0.05) is 18.2 Å². The quantitative estimate of drug-likeness (QED) is 0.646. The number of para-hydroxylation sites is 1. The molecule has 1 aliphatic carbocycles. The van der Waals surface area contributed by atoms with E-state index in [1.54, 1.807) is 0 Å². The van der Waals surface area contributed by atoms with E-state index < -0.39 is 0 Å². The standard InChI is InChI=1S/C29H40N4O2/c1-3-31(4-2)28(34)21-10-9-17-33(20-21)22-15-18-32(19-16-22)29(35)27-23-11-5-7-13-25(23)30-26-14-8-6-12-24(26)27/h5,7,11,13,21-22H,3-4,6,8-10,12,14-20H2,1-2H3. The maximum Gasteiger partial charge on any atom is 0.254 e. The van der Waals surface area contributed by atoms with Gasteiger partial charge in [0, 0.05) is 49.8 Å². The third kappa shape index (κ3) is 4.82. The average Bonchev–Trinajstić information content (AvgIpc) is 2.92. The molecule has 2 fully saturated rings. The molecular formula is C29H40N4O2. The van der Waals surface area contributed by atoms with Crippen molar-refractivity contribution >= 4 is 22.7 Å². The Kier molecular flexibility index (Phi) is 7.37. The number of amides is 2. The molecule has 3 aliphatic rings. The summed E-state index contributed by atoms with van der Waals surface area (Å²) in [7, 11) is 0. The van der Waals surface area contributed by atoms with Crippen molar-refractivity contribution in [1.82, 2.24) is 19.7 Å². The van der Waals surface area contributed by atoms with Crippen molar-refractivity contribution in [2.75, 3.05) is 39.3 Å². The zero-order valence-electron chi connectivity index (χ0n) is 21.5. The molecule has 0 saturated carbocycles. The van der Waals surface area contributed by atoms with Crippen LogP contribution in [0.4, 0.5) is 0 Å². The average molecular weight is 477 g/mol. The van der Waals surface area contributed by atoms with Gasteiger partial charge in [-0.3, -0.25) is 19.5 Å². The summed E-state index contributed by atoms with van der Waals surface area (Å²) >= 11 is 0. The summed E-state index contributed by atoms with van der Waals surface area (Å²) in [4.78, 5) is 38.4. The summed E-state index contributed by atoms with van der Waals surface area (Å²) in [6, 6.07) is 8.61. The normalized spacial score (nSPS) is 21.7. The third-order valence-electron chi connectivity index (χ3n) is 8.53. The summed E-state index contributed by atoms with van der Waals surface area (Å²) < 4.78 is 0. The number of benzene rings is 1. The molecule has 1 aromatic carbocycles. The lowest BCUT2D eigenvalue weighted by Gasteiger charge is -2.42. The first-order chi connectivity index (χ1) is 17.1. The van der Waals surface area contributed by atoms with Crippen molar-refractivity contribution in [3.05, 3.63) is 41.1 Å². The SMILES string of the molecule is CCN(CC)C(=O)C1CCCN(C2CCN(C(=O)c3c4c(nc5ccccc35)CCCC4)CC2)C1. The number of rotatable bonds is 5. The monoisotopic (exact) mass is 476 g/mol. The molecule has 2 aromatic rings. The summed E-state index contributed by atoms with van der Waals surface area (Å²) in [6.45, 7) is 9.24. The number of carbonyl (C=O) groups excluding carboxylic acids is 2. The fourth-order valence-electron chi connectivity index (χ4n) is 6.54. The van der Waals surface area contributed by atoms with Crippen LogP contribution in [0.3, 0.4) is 0 Å². The molecule has 2 amide bonds. The first-order valence-corrected chi connectivity index (χ1v) is 13.8. The van der Waals surface area contributed by atoms with Crippen molar-refractivity contribution in [2.45, 2.75) is 71.3 Å². The van der Waals surface area contributed by atoms with Crippen LogP contribution in [-0.4, -0.2) is 76.8 Å². The van der Waals surface area contributed by atoms with Crippen LogP contribution in [0.2, 0.25) is 0 Å². The molecular weight excluding hydrogens is 436 g/mol. The molecule has 3 heterocycles. The molecule has 5 rings (SSSR count). The van der Waals surface area contributed by atoms with Gasteiger partial charge in [-0.25, -0.2) is 0 Å². The van der Waals surface area contributed by atoms with E-state index in [1.165, 1.54) is 5.56 Å². The molecule has 0 N–H and O–H groups in total. The van der Waals surface area contributed by atoms with Gasteiger partial charge in [0.15, 0.2) is 0 Å². The first-order valence-electron chi connectivity index (χ1n) is 13.8. The second-order valence-electron chi connectivity index (χ2n) is 10.5. The van der Waals surface area contributed by atoms with Crippen molar-refractivity contribution < 1.29 is 9.59 Å². The summed E-state index contributed by atoms with van der Waals surface area (Å²) in [5.74, 6) is 0.633. The number of fused-ring (bicyclic) bond motifs is 2. The van der Waals surface area contributed by atoms with E-state index in [2.05, 4.69) is 29.7 Å². The lowest BCUT2D eigenvalue weighted by molar-refractivity contribution is -0.137. The molecule has 6 nitrogen and oxygen atoms in total. The summed E-state index contributed by atoms with van der Waals surface area (Å²) in [6.07, 6.45) is 8.30. The molecule has 2 aliphatic heterocycles. The van der Waals surface area contributed by atoms with Crippen molar-refractivity contribution in [3.8, 4) is 0 Å². The minimum absolute atomic E-state index is 0.123. The van der Waals surface area contributed by atoms with Crippen LogP contribution in [0.5, 0.6) is 0 Å². The van der Waals surface area contributed by atoms with E-state index in [4.69, 9.17) is 4.98 Å². The fraction of sp³-hybridized carbons (Fsp3) is 0.621. The Bertz CT molecular complexity index is 1070. The molecule has 1 unspecified atom stereocenters. The molecule has 188 valence electrons. The summed E-state index contributed by atoms with van der Waals surface area (Å²) in [5, 5.41) is 1.01. The number of hydrogen-bond acceptors (Lipinski definition) is 4. The van der Waals surface area contributed by atoms with E-state index in [0.717, 1.165) is 113 Å². The molecule has 35 heavy (non-hydrogen) atoms. The molecule has 1 aromatic heterocycles. The Hall–Kier alpha value is -2.47. The van der Waals surface area contributed by atoms with Gasteiger partial charge < -0.3 is 9.80 Å². The highest BCUT2D eigenvalue weighted by atomic mass is 16.2. The zero-order valence-corrected chi connectivity index (χ0v) is 21.5. The second-order valence-corrected chi connectivity index (χ2v) is 10.5. The van der Waals surface area contributed by atoms with Crippen molar-refractivity contribution in [1.29, 1.82) is 0 Å². The van der Waals surface area contributed by atoms with Gasteiger partial charge in [0.2, 0.25) is 5.91 Å². The number of aromatic nitrogens is 1. The Labute approximate surface area is 209 Å². The Morgan fingerprint density at radius 1 is 0.971 bits per heavy atom. The van der Waals surface area contributed by atoms with Crippen LogP contribution >= 0.6 is 0 Å². The van der Waals surface area contributed by atoms with E-state index in [-0.39, 0.29) is 11.8 Å². The van der Waals surface area contributed by atoms with Gasteiger partial charge in [0.05, 0.1) is 17.0 Å². The van der Waals surface area contributed by atoms with Crippen LogP contribution < -0.4 is 0 Å². The summed E-state index contributed by atoms with van der Waals surface area (Å²) in [5.41, 5.74) is 4.18. The number of nitrogens with zero attached hydrogens (tertiary/aromatic N) is 4. The van der Waals surface area contributed by atoms with E-state index >= 15 is 0 Å². The maximum atomic E-state index is 13.9. The van der Waals surface area contributed by atoms with Gasteiger partial charge >= 0.3 is 0 Å².